The van der Waals surface area contributed by atoms with Gasteiger partial charge in [-0.2, -0.15) is 0 Å². The summed E-state index contributed by atoms with van der Waals surface area (Å²) in [5.41, 5.74) is 0.537. The summed E-state index contributed by atoms with van der Waals surface area (Å²) >= 11 is 0. The van der Waals surface area contributed by atoms with E-state index >= 15 is 0 Å². The summed E-state index contributed by atoms with van der Waals surface area (Å²) in [7, 11) is 1.30. The number of rotatable bonds is 3. The predicted octanol–water partition coefficient (Wildman–Crippen LogP) is 3.51. The Morgan fingerprint density at radius 2 is 1.74 bits per heavy atom. The normalized spacial score (nSPS) is 10.3. The number of ether oxygens (including phenoxy) is 1. The molecule has 0 saturated heterocycles. The Bertz CT molecular complexity index is 613. The third-order valence-electron chi connectivity index (χ3n) is 2.76. The van der Waals surface area contributed by atoms with Crippen molar-refractivity contribution >= 4 is 5.78 Å². The molecule has 0 aliphatic heterocycles. The molecule has 0 heterocycles. The van der Waals surface area contributed by atoms with Gasteiger partial charge < -0.3 is 4.74 Å². The maximum Gasteiger partial charge on any atom is 0.198 e. The largest absolute Gasteiger partial charge is 0.497 e. The summed E-state index contributed by atoms with van der Waals surface area (Å²) in [5, 5.41) is 0. The fraction of sp³-hybridized carbons (Fsp3) is 0.133. The minimum Gasteiger partial charge on any atom is -0.497 e. The first-order valence-corrected chi connectivity index (χ1v) is 5.67. The molecule has 0 spiro atoms. The van der Waals surface area contributed by atoms with Crippen LogP contribution in [0.2, 0.25) is 0 Å². The molecule has 0 radical (unpaired) electrons. The zero-order chi connectivity index (χ0) is 14.0. The standard InChI is InChI=1S/C15H12F2O2/c1-9-4-3-5-10(6-9)15(18)14-12(16)7-11(19-2)8-13(14)17/h3-8H,1-2H3. The summed E-state index contributed by atoms with van der Waals surface area (Å²) in [5.74, 6) is -2.50. The van der Waals surface area contributed by atoms with E-state index in [9.17, 15) is 13.6 Å². The number of methoxy groups -OCH3 is 1. The summed E-state index contributed by atoms with van der Waals surface area (Å²) in [6.45, 7) is 1.80. The second-order valence-electron chi connectivity index (χ2n) is 4.16. The number of ketones is 1. The van der Waals surface area contributed by atoms with Gasteiger partial charge in [-0.1, -0.05) is 23.8 Å². The second kappa shape index (κ2) is 5.18. The number of hydrogen-bond donors (Lipinski definition) is 0. The van der Waals surface area contributed by atoms with Crippen LogP contribution in [-0.4, -0.2) is 12.9 Å². The Balaban J connectivity index is 2.50. The molecule has 19 heavy (non-hydrogen) atoms. The zero-order valence-electron chi connectivity index (χ0n) is 10.5. The van der Waals surface area contributed by atoms with E-state index in [1.54, 1.807) is 25.1 Å². The summed E-state index contributed by atoms with van der Waals surface area (Å²) in [6, 6.07) is 8.57. The Labute approximate surface area is 109 Å². The number of benzene rings is 2. The molecule has 0 saturated carbocycles. The van der Waals surface area contributed by atoms with E-state index in [1.807, 2.05) is 0 Å². The Morgan fingerprint density at radius 1 is 1.11 bits per heavy atom. The molecule has 2 aromatic carbocycles. The molecule has 0 bridgehead atoms. The lowest BCUT2D eigenvalue weighted by atomic mass is 10.0. The van der Waals surface area contributed by atoms with Crippen molar-refractivity contribution in [2.75, 3.05) is 7.11 Å². The van der Waals surface area contributed by atoms with Gasteiger partial charge in [-0.15, -0.1) is 0 Å². The van der Waals surface area contributed by atoms with Crippen molar-refractivity contribution in [2.45, 2.75) is 6.92 Å². The molecule has 0 aliphatic carbocycles. The molecular formula is C15H12F2O2. The molecule has 2 nitrogen and oxygen atoms in total. The van der Waals surface area contributed by atoms with E-state index in [0.29, 0.717) is 0 Å². The van der Waals surface area contributed by atoms with Crippen LogP contribution in [0.25, 0.3) is 0 Å². The van der Waals surface area contributed by atoms with Gasteiger partial charge in [0, 0.05) is 17.7 Å². The van der Waals surface area contributed by atoms with E-state index in [2.05, 4.69) is 0 Å². The molecular weight excluding hydrogens is 250 g/mol. The van der Waals surface area contributed by atoms with Crippen molar-refractivity contribution in [3.05, 3.63) is 64.7 Å². The first-order valence-electron chi connectivity index (χ1n) is 5.67. The SMILES string of the molecule is COc1cc(F)c(C(=O)c2cccc(C)c2)c(F)c1. The van der Waals surface area contributed by atoms with Crippen LogP contribution in [0.5, 0.6) is 5.75 Å². The lowest BCUT2D eigenvalue weighted by molar-refractivity contribution is 0.103. The predicted molar refractivity (Wildman–Crippen MR) is 67.5 cm³/mol. The Morgan fingerprint density at radius 3 is 2.26 bits per heavy atom. The highest BCUT2D eigenvalue weighted by molar-refractivity contribution is 6.09. The van der Waals surface area contributed by atoms with Crippen LogP contribution < -0.4 is 4.74 Å². The number of aryl methyl sites for hydroxylation is 1. The van der Waals surface area contributed by atoms with Gasteiger partial charge in [-0.3, -0.25) is 4.79 Å². The zero-order valence-corrected chi connectivity index (χ0v) is 10.5. The number of carbonyl (C=O) groups excluding carboxylic acids is 1. The van der Waals surface area contributed by atoms with Crippen LogP contribution in [0, 0.1) is 18.6 Å². The molecule has 4 heteroatoms. The summed E-state index contributed by atoms with van der Waals surface area (Å²) < 4.78 is 32.3. The van der Waals surface area contributed by atoms with Gasteiger partial charge >= 0.3 is 0 Å². The molecule has 98 valence electrons. The Kier molecular flexibility index (Phi) is 3.60. The van der Waals surface area contributed by atoms with E-state index in [-0.39, 0.29) is 11.3 Å². The number of hydrogen-bond acceptors (Lipinski definition) is 2. The van der Waals surface area contributed by atoms with Crippen LogP contribution in [0.3, 0.4) is 0 Å². The monoisotopic (exact) mass is 262 g/mol. The third kappa shape index (κ3) is 2.62. The van der Waals surface area contributed by atoms with E-state index in [4.69, 9.17) is 4.74 Å². The molecule has 0 unspecified atom stereocenters. The maximum atomic E-state index is 13.8. The second-order valence-corrected chi connectivity index (χ2v) is 4.16. The molecule has 0 N–H and O–H groups in total. The lowest BCUT2D eigenvalue weighted by Gasteiger charge is -2.07. The third-order valence-corrected chi connectivity index (χ3v) is 2.76. The van der Waals surface area contributed by atoms with Crippen LogP contribution in [0.15, 0.2) is 36.4 Å². The average molecular weight is 262 g/mol. The number of carbonyl (C=O) groups is 1. The molecule has 0 fully saturated rings. The Hall–Kier alpha value is -2.23. The van der Waals surface area contributed by atoms with Crippen molar-refractivity contribution < 1.29 is 18.3 Å². The summed E-state index contributed by atoms with van der Waals surface area (Å²) in [6.07, 6.45) is 0. The van der Waals surface area contributed by atoms with Gasteiger partial charge in [-0.05, 0) is 13.0 Å². The first kappa shape index (κ1) is 13.2. The molecule has 0 aliphatic rings. The van der Waals surface area contributed by atoms with Gasteiger partial charge in [0.1, 0.15) is 17.4 Å². The van der Waals surface area contributed by atoms with Gasteiger partial charge in [0.15, 0.2) is 5.78 Å². The van der Waals surface area contributed by atoms with Crippen molar-refractivity contribution in [1.82, 2.24) is 0 Å². The topological polar surface area (TPSA) is 26.3 Å². The lowest BCUT2D eigenvalue weighted by Crippen LogP contribution is -2.08. The molecule has 2 aromatic rings. The highest BCUT2D eigenvalue weighted by Gasteiger charge is 2.20. The number of halogens is 2. The fourth-order valence-electron chi connectivity index (χ4n) is 1.82. The van der Waals surface area contributed by atoms with Crippen molar-refractivity contribution in [3.8, 4) is 5.75 Å². The maximum absolute atomic E-state index is 13.8. The van der Waals surface area contributed by atoms with Crippen LogP contribution in [0.1, 0.15) is 21.5 Å². The smallest absolute Gasteiger partial charge is 0.198 e. The van der Waals surface area contributed by atoms with E-state index < -0.39 is 23.0 Å². The highest BCUT2D eigenvalue weighted by Crippen LogP contribution is 2.23. The van der Waals surface area contributed by atoms with Crippen LogP contribution in [-0.2, 0) is 0 Å². The van der Waals surface area contributed by atoms with Crippen molar-refractivity contribution in [2.24, 2.45) is 0 Å². The summed E-state index contributed by atoms with van der Waals surface area (Å²) in [4.78, 5) is 12.1. The van der Waals surface area contributed by atoms with Crippen molar-refractivity contribution in [3.63, 3.8) is 0 Å². The highest BCUT2D eigenvalue weighted by atomic mass is 19.1. The molecule has 0 atom stereocenters. The van der Waals surface area contributed by atoms with Gasteiger partial charge in [-0.25, -0.2) is 8.78 Å². The van der Waals surface area contributed by atoms with Crippen LogP contribution in [0.4, 0.5) is 8.78 Å². The average Bonchev–Trinajstić information content (AvgIpc) is 2.37. The molecule has 0 amide bonds. The minimum atomic E-state index is -0.927. The van der Waals surface area contributed by atoms with E-state index in [1.165, 1.54) is 13.2 Å². The fourth-order valence-corrected chi connectivity index (χ4v) is 1.82. The first-order chi connectivity index (χ1) is 9.02. The molecule has 2 rings (SSSR count). The van der Waals surface area contributed by atoms with Gasteiger partial charge in [0.25, 0.3) is 0 Å². The van der Waals surface area contributed by atoms with Gasteiger partial charge in [0.2, 0.25) is 0 Å². The molecule has 0 aromatic heterocycles. The minimum absolute atomic E-state index is 0.0378. The van der Waals surface area contributed by atoms with Crippen molar-refractivity contribution in [1.29, 1.82) is 0 Å². The quantitative estimate of drug-likeness (QED) is 0.791. The van der Waals surface area contributed by atoms with Crippen LogP contribution >= 0.6 is 0 Å². The van der Waals surface area contributed by atoms with Gasteiger partial charge in [0.05, 0.1) is 12.7 Å². The van der Waals surface area contributed by atoms with E-state index in [0.717, 1.165) is 17.7 Å².